The average molecular weight is 327 g/mol. The fourth-order valence-corrected chi connectivity index (χ4v) is 1.77. The number of nitrogens with zero attached hydrogens (tertiary/aromatic N) is 3. The highest BCUT2D eigenvalue weighted by molar-refractivity contribution is 9.10. The summed E-state index contributed by atoms with van der Waals surface area (Å²) in [6, 6.07) is 0. The number of H-pyrrole nitrogens is 1. The number of hydrogen-bond donors (Lipinski definition) is 2. The molecule has 0 radical (unpaired) electrons. The highest BCUT2D eigenvalue weighted by atomic mass is 79.9. The van der Waals surface area contributed by atoms with Gasteiger partial charge < -0.3 is 5.11 Å². The summed E-state index contributed by atoms with van der Waals surface area (Å²) in [5.74, 6) is -1.19. The minimum absolute atomic E-state index is 0.0850. The molecule has 0 aliphatic carbocycles. The van der Waals surface area contributed by atoms with Gasteiger partial charge in [0, 0.05) is 12.4 Å². The number of aromatic nitrogens is 4. The molecule has 0 saturated heterocycles. The first-order chi connectivity index (χ1) is 8.99. The lowest BCUT2D eigenvalue weighted by atomic mass is 10.2. The Balaban J connectivity index is 2.48. The number of hydrogen-bond acceptors (Lipinski definition) is 5. The van der Waals surface area contributed by atoms with Crippen molar-refractivity contribution in [3.8, 4) is 0 Å². The maximum Gasteiger partial charge on any atom is 0.339 e. The van der Waals surface area contributed by atoms with E-state index < -0.39 is 17.2 Å². The first kappa shape index (κ1) is 13.1. The summed E-state index contributed by atoms with van der Waals surface area (Å²) < 4.78 is 1.30. The fourth-order valence-electron chi connectivity index (χ4n) is 1.42. The van der Waals surface area contributed by atoms with Crippen LogP contribution in [-0.4, -0.2) is 30.6 Å². The Morgan fingerprint density at radius 3 is 2.89 bits per heavy atom. The molecule has 2 aromatic heterocycles. The van der Waals surface area contributed by atoms with Crippen molar-refractivity contribution in [2.45, 2.75) is 6.54 Å². The quantitative estimate of drug-likeness (QED) is 0.808. The Morgan fingerprint density at radius 2 is 2.21 bits per heavy atom. The molecule has 0 aromatic carbocycles. The Hall–Kier alpha value is -2.29. The molecule has 19 heavy (non-hydrogen) atoms. The molecule has 0 aliphatic rings. The van der Waals surface area contributed by atoms with E-state index in [1.165, 1.54) is 12.5 Å². The van der Waals surface area contributed by atoms with Gasteiger partial charge in [-0.15, -0.1) is 0 Å². The van der Waals surface area contributed by atoms with E-state index in [0.29, 0.717) is 0 Å². The largest absolute Gasteiger partial charge is 0.478 e. The second-order valence-electron chi connectivity index (χ2n) is 3.55. The van der Waals surface area contributed by atoms with Crippen LogP contribution in [-0.2, 0) is 6.54 Å². The molecule has 98 valence electrons. The van der Waals surface area contributed by atoms with Gasteiger partial charge in [-0.05, 0) is 15.9 Å². The molecule has 0 amide bonds. The SMILES string of the molecule is O=C(O)c1cncnc1Cn1cc(Br)c(=O)[nH]c1=O. The van der Waals surface area contributed by atoms with Gasteiger partial charge in [0.15, 0.2) is 0 Å². The van der Waals surface area contributed by atoms with Crippen molar-refractivity contribution < 1.29 is 9.90 Å². The third kappa shape index (κ3) is 2.76. The third-order valence-electron chi connectivity index (χ3n) is 2.31. The van der Waals surface area contributed by atoms with E-state index in [1.54, 1.807) is 0 Å². The molecule has 0 atom stereocenters. The highest BCUT2D eigenvalue weighted by Gasteiger charge is 2.13. The van der Waals surface area contributed by atoms with Crippen molar-refractivity contribution in [3.05, 3.63) is 55.3 Å². The van der Waals surface area contributed by atoms with Gasteiger partial charge in [-0.1, -0.05) is 0 Å². The van der Waals surface area contributed by atoms with Gasteiger partial charge in [-0.25, -0.2) is 19.6 Å². The molecule has 9 heteroatoms. The van der Waals surface area contributed by atoms with Crippen LogP contribution in [0.5, 0.6) is 0 Å². The van der Waals surface area contributed by atoms with Crippen molar-refractivity contribution in [1.29, 1.82) is 0 Å². The van der Waals surface area contributed by atoms with Crippen LogP contribution < -0.4 is 11.2 Å². The standard InChI is InChI=1S/C10H7BrN4O4/c11-6-2-15(10(19)14-8(6)16)3-7-5(9(17)18)1-12-4-13-7/h1-2,4H,3H2,(H,17,18)(H,14,16,19). The monoisotopic (exact) mass is 326 g/mol. The first-order valence-electron chi connectivity index (χ1n) is 5.00. The molecule has 2 N–H and O–H groups in total. The van der Waals surface area contributed by atoms with E-state index in [9.17, 15) is 14.4 Å². The zero-order valence-electron chi connectivity index (χ0n) is 9.33. The van der Waals surface area contributed by atoms with Gasteiger partial charge in [0.25, 0.3) is 5.56 Å². The molecule has 8 nitrogen and oxygen atoms in total. The summed E-state index contributed by atoms with van der Waals surface area (Å²) in [5, 5.41) is 8.98. The molecule has 2 heterocycles. The van der Waals surface area contributed by atoms with E-state index in [2.05, 4.69) is 30.9 Å². The van der Waals surface area contributed by atoms with Gasteiger partial charge in [-0.2, -0.15) is 0 Å². The molecule has 0 saturated carbocycles. The van der Waals surface area contributed by atoms with Gasteiger partial charge in [0.1, 0.15) is 11.9 Å². The number of carboxylic acid groups (broad SMARTS) is 1. The molecule has 0 unspecified atom stereocenters. The zero-order valence-corrected chi connectivity index (χ0v) is 10.9. The second-order valence-corrected chi connectivity index (χ2v) is 4.41. The Kier molecular flexibility index (Phi) is 3.56. The lowest BCUT2D eigenvalue weighted by Gasteiger charge is -2.06. The minimum Gasteiger partial charge on any atom is -0.478 e. The number of carbonyl (C=O) groups is 1. The van der Waals surface area contributed by atoms with E-state index >= 15 is 0 Å². The van der Waals surface area contributed by atoms with Gasteiger partial charge in [-0.3, -0.25) is 14.3 Å². The number of rotatable bonds is 3. The van der Waals surface area contributed by atoms with E-state index in [1.807, 2.05) is 0 Å². The lowest BCUT2D eigenvalue weighted by molar-refractivity contribution is 0.0694. The normalized spacial score (nSPS) is 10.4. The van der Waals surface area contributed by atoms with Crippen LogP contribution in [0, 0.1) is 0 Å². The smallest absolute Gasteiger partial charge is 0.339 e. The van der Waals surface area contributed by atoms with Gasteiger partial charge in [0.05, 0.1) is 16.7 Å². The zero-order chi connectivity index (χ0) is 14.0. The Labute approximate surface area is 113 Å². The van der Waals surface area contributed by atoms with E-state index in [4.69, 9.17) is 5.11 Å². The van der Waals surface area contributed by atoms with Crippen LogP contribution in [0.25, 0.3) is 0 Å². The van der Waals surface area contributed by atoms with Crippen LogP contribution in [0.4, 0.5) is 0 Å². The van der Waals surface area contributed by atoms with Crippen molar-refractivity contribution in [3.63, 3.8) is 0 Å². The maximum atomic E-state index is 11.6. The van der Waals surface area contributed by atoms with E-state index in [0.717, 1.165) is 10.8 Å². The molecule has 0 spiro atoms. The molecule has 2 aromatic rings. The third-order valence-corrected chi connectivity index (χ3v) is 2.88. The summed E-state index contributed by atoms with van der Waals surface area (Å²) in [7, 11) is 0. The Morgan fingerprint density at radius 1 is 1.47 bits per heavy atom. The van der Waals surface area contributed by atoms with Crippen LogP contribution in [0.1, 0.15) is 16.1 Å². The number of halogens is 1. The summed E-state index contributed by atoms with van der Waals surface area (Å²) in [6.07, 6.45) is 3.61. The summed E-state index contributed by atoms with van der Waals surface area (Å²) >= 11 is 2.99. The van der Waals surface area contributed by atoms with Gasteiger partial charge in [0.2, 0.25) is 0 Å². The predicted molar refractivity (Wildman–Crippen MR) is 67.1 cm³/mol. The topological polar surface area (TPSA) is 118 Å². The number of aromatic carboxylic acids is 1. The Bertz CT molecular complexity index is 752. The number of aromatic amines is 1. The summed E-state index contributed by atoms with van der Waals surface area (Å²) in [4.78, 5) is 43.3. The van der Waals surface area contributed by atoms with Gasteiger partial charge >= 0.3 is 11.7 Å². The molecule has 0 bridgehead atoms. The van der Waals surface area contributed by atoms with Crippen molar-refractivity contribution >= 4 is 21.9 Å². The highest BCUT2D eigenvalue weighted by Crippen LogP contribution is 2.06. The molecular weight excluding hydrogens is 320 g/mol. The van der Waals surface area contributed by atoms with Crippen molar-refractivity contribution in [2.24, 2.45) is 0 Å². The van der Waals surface area contributed by atoms with Crippen LogP contribution in [0.15, 0.2) is 32.8 Å². The number of carboxylic acids is 1. The average Bonchev–Trinajstić information content (AvgIpc) is 2.36. The minimum atomic E-state index is -1.19. The predicted octanol–water partition coefficient (Wildman–Crippen LogP) is -0.164. The lowest BCUT2D eigenvalue weighted by Crippen LogP contribution is -2.30. The molecule has 2 rings (SSSR count). The molecular formula is C10H7BrN4O4. The van der Waals surface area contributed by atoms with Crippen molar-refractivity contribution in [1.82, 2.24) is 19.5 Å². The summed E-state index contributed by atoms with van der Waals surface area (Å²) in [6.45, 7) is -0.0850. The van der Waals surface area contributed by atoms with E-state index in [-0.39, 0.29) is 22.3 Å². The fraction of sp³-hybridized carbons (Fsp3) is 0.100. The van der Waals surface area contributed by atoms with Crippen LogP contribution in [0.2, 0.25) is 0 Å². The van der Waals surface area contributed by atoms with Crippen LogP contribution >= 0.6 is 15.9 Å². The van der Waals surface area contributed by atoms with Crippen molar-refractivity contribution in [2.75, 3.05) is 0 Å². The molecule has 0 fully saturated rings. The maximum absolute atomic E-state index is 11.6. The first-order valence-corrected chi connectivity index (χ1v) is 5.80. The summed E-state index contributed by atoms with van der Waals surface area (Å²) in [5.41, 5.74) is -1.13. The van der Waals surface area contributed by atoms with Crippen LogP contribution in [0.3, 0.4) is 0 Å². The second kappa shape index (κ2) is 5.14. The number of nitrogens with one attached hydrogen (secondary N) is 1. The molecule has 0 aliphatic heterocycles.